The van der Waals surface area contributed by atoms with Crippen molar-refractivity contribution in [3.05, 3.63) is 0 Å². The fourth-order valence-corrected chi connectivity index (χ4v) is 3.29. The van der Waals surface area contributed by atoms with Crippen molar-refractivity contribution in [1.82, 2.24) is 10.6 Å². The number of rotatable bonds is 5. The van der Waals surface area contributed by atoms with Gasteiger partial charge < -0.3 is 15.7 Å². The summed E-state index contributed by atoms with van der Waals surface area (Å²) in [6, 6.07) is -1.34. The van der Waals surface area contributed by atoms with Crippen LogP contribution in [0.5, 0.6) is 0 Å². The second-order valence-electron chi connectivity index (χ2n) is 4.94. The van der Waals surface area contributed by atoms with Gasteiger partial charge in [-0.3, -0.25) is 4.21 Å². The molecule has 110 valence electrons. The average molecular weight is 290 g/mol. The second kappa shape index (κ2) is 7.47. The van der Waals surface area contributed by atoms with E-state index in [2.05, 4.69) is 10.6 Å². The van der Waals surface area contributed by atoms with Gasteiger partial charge in [0.2, 0.25) is 0 Å². The van der Waals surface area contributed by atoms with E-state index in [1.807, 2.05) is 6.92 Å². The predicted molar refractivity (Wildman–Crippen MR) is 73.4 cm³/mol. The van der Waals surface area contributed by atoms with Crippen molar-refractivity contribution in [2.75, 3.05) is 11.5 Å². The first-order valence-electron chi connectivity index (χ1n) is 6.58. The van der Waals surface area contributed by atoms with Crippen LogP contribution in [0.1, 0.15) is 33.1 Å². The van der Waals surface area contributed by atoms with Crippen LogP contribution in [0, 0.1) is 5.92 Å². The van der Waals surface area contributed by atoms with Crippen molar-refractivity contribution in [3.63, 3.8) is 0 Å². The van der Waals surface area contributed by atoms with E-state index in [0.29, 0.717) is 30.8 Å². The Balaban J connectivity index is 2.44. The van der Waals surface area contributed by atoms with Crippen LogP contribution in [-0.4, -0.2) is 44.9 Å². The highest BCUT2D eigenvalue weighted by atomic mass is 32.2. The van der Waals surface area contributed by atoms with Crippen molar-refractivity contribution in [2.45, 2.75) is 45.2 Å². The molecule has 0 spiro atoms. The fraction of sp³-hybridized carbons (Fsp3) is 0.833. The van der Waals surface area contributed by atoms with Gasteiger partial charge in [-0.05, 0) is 18.8 Å². The van der Waals surface area contributed by atoms with Crippen LogP contribution in [-0.2, 0) is 15.6 Å². The van der Waals surface area contributed by atoms with Gasteiger partial charge in [0.25, 0.3) is 0 Å². The van der Waals surface area contributed by atoms with Gasteiger partial charge in [-0.2, -0.15) is 0 Å². The Bertz CT molecular complexity index is 352. The van der Waals surface area contributed by atoms with Crippen molar-refractivity contribution >= 4 is 22.8 Å². The number of carboxylic acids is 1. The molecule has 7 heteroatoms. The zero-order chi connectivity index (χ0) is 14.4. The summed E-state index contributed by atoms with van der Waals surface area (Å²) in [5.74, 6) is 0.0495. The maximum atomic E-state index is 11.8. The largest absolute Gasteiger partial charge is 0.480 e. The normalized spacial score (nSPS) is 26.2. The molecule has 19 heavy (non-hydrogen) atoms. The molecule has 2 atom stereocenters. The van der Waals surface area contributed by atoms with Crippen molar-refractivity contribution in [2.24, 2.45) is 5.92 Å². The summed E-state index contributed by atoms with van der Waals surface area (Å²) in [4.78, 5) is 22.9. The Morgan fingerprint density at radius 1 is 1.37 bits per heavy atom. The molecule has 1 heterocycles. The number of urea groups is 1. The Labute approximate surface area is 115 Å². The second-order valence-corrected chi connectivity index (χ2v) is 6.64. The van der Waals surface area contributed by atoms with Gasteiger partial charge >= 0.3 is 12.0 Å². The lowest BCUT2D eigenvalue weighted by Gasteiger charge is -2.25. The van der Waals surface area contributed by atoms with Gasteiger partial charge in [-0.15, -0.1) is 0 Å². The molecule has 3 N–H and O–H groups in total. The van der Waals surface area contributed by atoms with Crippen LogP contribution in [0.15, 0.2) is 0 Å². The van der Waals surface area contributed by atoms with E-state index >= 15 is 0 Å². The molecule has 1 aliphatic heterocycles. The zero-order valence-corrected chi connectivity index (χ0v) is 12.2. The number of carboxylic acid groups (broad SMARTS) is 1. The Kier molecular flexibility index (Phi) is 6.27. The Morgan fingerprint density at radius 3 is 2.42 bits per heavy atom. The number of amides is 2. The number of hydrogen-bond acceptors (Lipinski definition) is 3. The minimum atomic E-state index is -1.02. The van der Waals surface area contributed by atoms with E-state index in [4.69, 9.17) is 5.11 Å². The molecule has 0 aromatic heterocycles. The van der Waals surface area contributed by atoms with E-state index in [1.165, 1.54) is 0 Å². The summed E-state index contributed by atoms with van der Waals surface area (Å²) in [6.45, 7) is 3.68. The summed E-state index contributed by atoms with van der Waals surface area (Å²) in [6.07, 6.45) is 2.04. The highest BCUT2D eigenvalue weighted by Gasteiger charge is 2.26. The van der Waals surface area contributed by atoms with Gasteiger partial charge in [0.15, 0.2) is 0 Å². The molecule has 0 radical (unpaired) electrons. The van der Waals surface area contributed by atoms with Gasteiger partial charge in [0.05, 0.1) is 0 Å². The van der Waals surface area contributed by atoms with Crippen LogP contribution in [0.25, 0.3) is 0 Å². The molecular weight excluding hydrogens is 268 g/mol. The smallest absolute Gasteiger partial charge is 0.326 e. The first-order valence-corrected chi connectivity index (χ1v) is 8.07. The third-order valence-corrected chi connectivity index (χ3v) is 4.87. The van der Waals surface area contributed by atoms with Crippen molar-refractivity contribution in [1.29, 1.82) is 0 Å². The van der Waals surface area contributed by atoms with E-state index in [9.17, 15) is 13.8 Å². The van der Waals surface area contributed by atoms with Crippen molar-refractivity contribution in [3.8, 4) is 0 Å². The molecule has 0 aliphatic carbocycles. The highest BCUT2D eigenvalue weighted by Crippen LogP contribution is 2.10. The lowest BCUT2D eigenvalue weighted by molar-refractivity contribution is -0.140. The first kappa shape index (κ1) is 15.9. The molecule has 1 aliphatic rings. The minimum Gasteiger partial charge on any atom is -0.480 e. The van der Waals surface area contributed by atoms with Gasteiger partial charge in [0.1, 0.15) is 6.04 Å². The zero-order valence-electron chi connectivity index (χ0n) is 11.3. The number of nitrogens with one attached hydrogen (secondary N) is 2. The summed E-state index contributed by atoms with van der Waals surface area (Å²) < 4.78 is 11.2. The number of hydrogen-bond donors (Lipinski definition) is 3. The highest BCUT2D eigenvalue weighted by molar-refractivity contribution is 7.85. The maximum Gasteiger partial charge on any atom is 0.326 e. The number of carbonyl (C=O) groups is 2. The molecule has 1 saturated heterocycles. The van der Waals surface area contributed by atoms with Gasteiger partial charge in [-0.25, -0.2) is 9.59 Å². The lowest BCUT2D eigenvalue weighted by Crippen LogP contribution is -2.52. The van der Waals surface area contributed by atoms with Gasteiger partial charge in [-0.1, -0.05) is 20.3 Å². The molecule has 0 saturated carbocycles. The monoisotopic (exact) mass is 290 g/mol. The number of carbonyl (C=O) groups excluding carboxylic acids is 1. The quantitative estimate of drug-likeness (QED) is 0.694. The Hall–Kier alpha value is -1.11. The molecule has 6 nitrogen and oxygen atoms in total. The van der Waals surface area contributed by atoms with E-state index in [-0.39, 0.29) is 12.0 Å². The van der Waals surface area contributed by atoms with Crippen LogP contribution in [0.3, 0.4) is 0 Å². The van der Waals surface area contributed by atoms with E-state index in [0.717, 1.165) is 0 Å². The van der Waals surface area contributed by atoms with Crippen LogP contribution < -0.4 is 10.6 Å². The van der Waals surface area contributed by atoms with E-state index < -0.39 is 28.8 Å². The molecule has 0 aromatic carbocycles. The molecular formula is C12H22N2O4S. The molecule has 2 amide bonds. The standard InChI is InChI=1S/C12H22N2O4S/c1-3-8(2)10(11(15)16)14-12(17)13-9-4-6-19(18)7-5-9/h8-10H,3-7H2,1-2H3,(H,15,16)(H2,13,14,17). The molecule has 1 fully saturated rings. The van der Waals surface area contributed by atoms with Crippen LogP contribution in [0.4, 0.5) is 4.79 Å². The lowest BCUT2D eigenvalue weighted by atomic mass is 9.99. The SMILES string of the molecule is CCC(C)C(NC(=O)NC1CCS(=O)CC1)C(=O)O. The fourth-order valence-electron chi connectivity index (χ4n) is 1.99. The summed E-state index contributed by atoms with van der Waals surface area (Å²) in [5, 5.41) is 14.3. The summed E-state index contributed by atoms with van der Waals surface area (Å²) in [5.41, 5.74) is 0. The topological polar surface area (TPSA) is 95.5 Å². The summed E-state index contributed by atoms with van der Waals surface area (Å²) in [7, 11) is -0.768. The molecule has 0 bridgehead atoms. The van der Waals surface area contributed by atoms with E-state index in [1.54, 1.807) is 6.92 Å². The van der Waals surface area contributed by atoms with Gasteiger partial charge in [0, 0.05) is 28.3 Å². The maximum absolute atomic E-state index is 11.8. The first-order chi connectivity index (χ1) is 8.93. The third-order valence-electron chi connectivity index (χ3n) is 3.49. The van der Waals surface area contributed by atoms with Crippen LogP contribution in [0.2, 0.25) is 0 Å². The third kappa shape index (κ3) is 5.18. The number of aliphatic carboxylic acids is 1. The predicted octanol–water partition coefficient (Wildman–Crippen LogP) is 0.696. The minimum absolute atomic E-state index is 0.0101. The summed E-state index contributed by atoms with van der Waals surface area (Å²) >= 11 is 0. The Morgan fingerprint density at radius 2 is 1.95 bits per heavy atom. The molecule has 1 rings (SSSR count). The van der Waals surface area contributed by atoms with Crippen molar-refractivity contribution < 1.29 is 18.9 Å². The average Bonchev–Trinajstić information content (AvgIpc) is 2.37. The van der Waals surface area contributed by atoms with Crippen LogP contribution >= 0.6 is 0 Å². The molecule has 0 aromatic rings. The molecule has 2 unspecified atom stereocenters.